The summed E-state index contributed by atoms with van der Waals surface area (Å²) in [5.41, 5.74) is 9.38. The molecule has 3 aromatic rings. The first kappa shape index (κ1) is 13.2. The maximum atomic E-state index is 6.31. The van der Waals surface area contributed by atoms with Crippen molar-refractivity contribution in [1.82, 2.24) is 9.97 Å². The number of fused-ring (bicyclic) bond motifs is 1. The van der Waals surface area contributed by atoms with Crippen LogP contribution in [0.15, 0.2) is 59.3 Å². The second kappa shape index (κ2) is 5.69. The minimum Gasteiger partial charge on any atom is -0.322 e. The summed E-state index contributed by atoms with van der Waals surface area (Å²) in [6.07, 6.45) is 4.33. The first-order chi connectivity index (χ1) is 9.75. The normalized spacial score (nSPS) is 12.5. The summed E-state index contributed by atoms with van der Waals surface area (Å²) in [5.74, 6) is 0. The number of pyridine rings is 2. The fraction of sp³-hybridized carbons (Fsp3) is 0.125. The third kappa shape index (κ3) is 2.57. The average Bonchev–Trinajstić information content (AvgIpc) is 2.48. The van der Waals surface area contributed by atoms with Crippen molar-refractivity contribution < 1.29 is 0 Å². The molecule has 1 atom stereocenters. The minimum absolute atomic E-state index is 0.142. The second-order valence-corrected chi connectivity index (χ2v) is 5.52. The van der Waals surface area contributed by atoms with Crippen molar-refractivity contribution in [3.05, 3.63) is 70.6 Å². The highest BCUT2D eigenvalue weighted by Crippen LogP contribution is 2.25. The van der Waals surface area contributed by atoms with E-state index in [0.717, 1.165) is 27.5 Å². The molecule has 20 heavy (non-hydrogen) atoms. The highest BCUT2D eigenvalue weighted by molar-refractivity contribution is 9.10. The van der Waals surface area contributed by atoms with Gasteiger partial charge in [0, 0.05) is 22.3 Å². The highest BCUT2D eigenvalue weighted by atomic mass is 79.9. The van der Waals surface area contributed by atoms with Crippen LogP contribution in [-0.2, 0) is 6.42 Å². The molecule has 0 spiro atoms. The summed E-state index contributed by atoms with van der Waals surface area (Å²) < 4.78 is 0.950. The van der Waals surface area contributed by atoms with Crippen molar-refractivity contribution in [1.29, 1.82) is 0 Å². The lowest BCUT2D eigenvalue weighted by molar-refractivity contribution is 0.695. The van der Waals surface area contributed by atoms with Gasteiger partial charge in [-0.25, -0.2) is 0 Å². The van der Waals surface area contributed by atoms with Gasteiger partial charge in [-0.15, -0.1) is 0 Å². The van der Waals surface area contributed by atoms with E-state index in [2.05, 4.69) is 32.0 Å². The number of hydrogen-bond donors (Lipinski definition) is 1. The van der Waals surface area contributed by atoms with E-state index in [-0.39, 0.29) is 6.04 Å². The summed E-state index contributed by atoms with van der Waals surface area (Å²) in [5, 5.41) is 1.15. The molecule has 1 unspecified atom stereocenters. The molecule has 0 saturated heterocycles. The molecule has 0 aliphatic heterocycles. The predicted octanol–water partition coefficient (Wildman–Crippen LogP) is 3.63. The third-order valence-electron chi connectivity index (χ3n) is 3.32. The molecule has 0 bridgehead atoms. The molecule has 0 radical (unpaired) electrons. The fourth-order valence-electron chi connectivity index (χ4n) is 2.34. The van der Waals surface area contributed by atoms with Crippen LogP contribution in [0.2, 0.25) is 0 Å². The van der Waals surface area contributed by atoms with E-state index in [1.807, 2.05) is 42.6 Å². The molecule has 3 rings (SSSR count). The van der Waals surface area contributed by atoms with Gasteiger partial charge in [-0.05, 0) is 52.2 Å². The van der Waals surface area contributed by atoms with Crippen molar-refractivity contribution in [2.75, 3.05) is 0 Å². The van der Waals surface area contributed by atoms with Gasteiger partial charge in [-0.3, -0.25) is 9.97 Å². The van der Waals surface area contributed by atoms with Crippen LogP contribution in [-0.4, -0.2) is 9.97 Å². The number of halogens is 1. The van der Waals surface area contributed by atoms with E-state index in [1.165, 1.54) is 5.56 Å². The predicted molar refractivity (Wildman–Crippen MR) is 84.3 cm³/mol. The summed E-state index contributed by atoms with van der Waals surface area (Å²) in [7, 11) is 0. The number of aromatic nitrogens is 2. The van der Waals surface area contributed by atoms with Gasteiger partial charge in [0.2, 0.25) is 0 Å². The molecule has 0 fully saturated rings. The Balaban J connectivity index is 1.96. The molecule has 0 saturated carbocycles. The zero-order valence-electron chi connectivity index (χ0n) is 10.8. The highest BCUT2D eigenvalue weighted by Gasteiger charge is 2.13. The topological polar surface area (TPSA) is 51.8 Å². The number of hydrogen-bond acceptors (Lipinski definition) is 3. The maximum absolute atomic E-state index is 6.31. The quantitative estimate of drug-likeness (QED) is 0.799. The first-order valence-electron chi connectivity index (χ1n) is 6.44. The second-order valence-electron chi connectivity index (χ2n) is 4.67. The van der Waals surface area contributed by atoms with E-state index < -0.39 is 0 Å². The molecule has 0 amide bonds. The van der Waals surface area contributed by atoms with E-state index >= 15 is 0 Å². The molecule has 2 aromatic heterocycles. The molecule has 1 aromatic carbocycles. The van der Waals surface area contributed by atoms with Crippen LogP contribution in [0.5, 0.6) is 0 Å². The Morgan fingerprint density at radius 2 is 1.85 bits per heavy atom. The number of benzene rings is 1. The number of para-hydroxylation sites is 1. The smallest absolute Gasteiger partial charge is 0.0716 e. The van der Waals surface area contributed by atoms with Crippen LogP contribution in [0, 0.1) is 0 Å². The Morgan fingerprint density at radius 1 is 1.00 bits per heavy atom. The van der Waals surface area contributed by atoms with Crippen LogP contribution in [0.4, 0.5) is 0 Å². The van der Waals surface area contributed by atoms with Crippen LogP contribution in [0.25, 0.3) is 10.9 Å². The van der Waals surface area contributed by atoms with Crippen LogP contribution in [0.1, 0.15) is 17.3 Å². The lowest BCUT2D eigenvalue weighted by atomic mass is 10.0. The SMILES string of the molecule is NC(Cc1ccnc2ccccc12)c1ncccc1Br. The molecule has 3 nitrogen and oxygen atoms in total. The molecule has 2 heterocycles. The fourth-order valence-corrected chi connectivity index (χ4v) is 2.89. The Labute approximate surface area is 126 Å². The van der Waals surface area contributed by atoms with Crippen LogP contribution in [0.3, 0.4) is 0 Å². The van der Waals surface area contributed by atoms with Crippen molar-refractivity contribution in [3.8, 4) is 0 Å². The lowest BCUT2D eigenvalue weighted by Gasteiger charge is -2.14. The molecule has 4 heteroatoms. The Morgan fingerprint density at radius 3 is 2.70 bits per heavy atom. The number of nitrogens with two attached hydrogens (primary N) is 1. The summed E-state index contributed by atoms with van der Waals surface area (Å²) in [4.78, 5) is 8.74. The summed E-state index contributed by atoms with van der Waals surface area (Å²) in [6, 6.07) is 13.9. The Kier molecular flexibility index (Phi) is 3.76. The van der Waals surface area contributed by atoms with Crippen LogP contribution >= 0.6 is 15.9 Å². The minimum atomic E-state index is -0.142. The van der Waals surface area contributed by atoms with Gasteiger partial charge in [0.15, 0.2) is 0 Å². The Bertz CT molecular complexity index is 737. The van der Waals surface area contributed by atoms with E-state index in [1.54, 1.807) is 6.20 Å². The molecule has 0 aliphatic rings. The van der Waals surface area contributed by atoms with Gasteiger partial charge in [0.1, 0.15) is 0 Å². The average molecular weight is 328 g/mol. The van der Waals surface area contributed by atoms with Gasteiger partial charge >= 0.3 is 0 Å². The third-order valence-corrected chi connectivity index (χ3v) is 3.99. The van der Waals surface area contributed by atoms with Crippen molar-refractivity contribution in [2.24, 2.45) is 5.73 Å². The standard InChI is InChI=1S/C16H14BrN3/c17-13-5-3-8-20-16(13)14(18)10-11-7-9-19-15-6-2-1-4-12(11)15/h1-9,14H,10,18H2. The summed E-state index contributed by atoms with van der Waals surface area (Å²) in [6.45, 7) is 0. The van der Waals surface area contributed by atoms with E-state index in [4.69, 9.17) is 5.73 Å². The van der Waals surface area contributed by atoms with Gasteiger partial charge in [0.25, 0.3) is 0 Å². The number of nitrogens with zero attached hydrogens (tertiary/aromatic N) is 2. The van der Waals surface area contributed by atoms with E-state index in [9.17, 15) is 0 Å². The zero-order chi connectivity index (χ0) is 13.9. The van der Waals surface area contributed by atoms with Crippen molar-refractivity contribution in [2.45, 2.75) is 12.5 Å². The van der Waals surface area contributed by atoms with E-state index in [0.29, 0.717) is 0 Å². The van der Waals surface area contributed by atoms with Gasteiger partial charge in [0.05, 0.1) is 17.3 Å². The maximum Gasteiger partial charge on any atom is 0.0716 e. The molecular weight excluding hydrogens is 314 g/mol. The van der Waals surface area contributed by atoms with Crippen molar-refractivity contribution in [3.63, 3.8) is 0 Å². The first-order valence-corrected chi connectivity index (χ1v) is 7.23. The largest absolute Gasteiger partial charge is 0.322 e. The van der Waals surface area contributed by atoms with Gasteiger partial charge in [-0.2, -0.15) is 0 Å². The molecule has 100 valence electrons. The van der Waals surface area contributed by atoms with Gasteiger partial charge in [-0.1, -0.05) is 18.2 Å². The molecular formula is C16H14BrN3. The Hall–Kier alpha value is -1.78. The number of rotatable bonds is 3. The lowest BCUT2D eigenvalue weighted by Crippen LogP contribution is -2.15. The summed E-state index contributed by atoms with van der Waals surface area (Å²) >= 11 is 3.51. The van der Waals surface area contributed by atoms with Crippen LogP contribution < -0.4 is 5.73 Å². The monoisotopic (exact) mass is 327 g/mol. The van der Waals surface area contributed by atoms with Crippen molar-refractivity contribution >= 4 is 26.8 Å². The molecule has 0 aliphatic carbocycles. The zero-order valence-corrected chi connectivity index (χ0v) is 12.4. The van der Waals surface area contributed by atoms with Gasteiger partial charge < -0.3 is 5.73 Å². The molecule has 2 N–H and O–H groups in total.